The molecule has 0 radical (unpaired) electrons. The Hall–Kier alpha value is -2.16. The molecule has 1 aliphatic heterocycles. The van der Waals surface area contributed by atoms with E-state index in [1.165, 1.54) is 6.07 Å². The fourth-order valence-electron chi connectivity index (χ4n) is 2.73. The zero-order valence-corrected chi connectivity index (χ0v) is 16.8. The molecule has 1 aliphatic rings. The number of anilines is 1. The van der Waals surface area contributed by atoms with Crippen LogP contribution in [0.1, 0.15) is 22.1 Å². The number of hydrogen-bond donors (Lipinski definition) is 1. The first-order chi connectivity index (χ1) is 12.1. The van der Waals surface area contributed by atoms with Crippen molar-refractivity contribution in [2.24, 2.45) is 0 Å². The average Bonchev–Trinajstić information content (AvgIpc) is 2.67. The van der Waals surface area contributed by atoms with Gasteiger partial charge in [-0.3, -0.25) is 4.79 Å². The Labute approximate surface area is 174 Å². The van der Waals surface area contributed by atoms with Crippen molar-refractivity contribution in [1.82, 2.24) is 14.9 Å². The summed E-state index contributed by atoms with van der Waals surface area (Å²) < 4.78 is 5.10. The maximum absolute atomic E-state index is 12.7. The molecule has 2 aromatic rings. The number of hydrogen-bond acceptors (Lipinski definition) is 6. The summed E-state index contributed by atoms with van der Waals surface area (Å²) in [5.41, 5.74) is 0.229. The Morgan fingerprint density at radius 2 is 1.77 bits per heavy atom. The summed E-state index contributed by atoms with van der Waals surface area (Å²) in [5.74, 6) is -0.340. The zero-order chi connectivity index (χ0) is 17.8. The van der Waals surface area contributed by atoms with E-state index in [4.69, 9.17) is 4.74 Å². The smallest absolute Gasteiger partial charge is 1.00 e. The van der Waals surface area contributed by atoms with Crippen molar-refractivity contribution in [2.75, 3.05) is 38.2 Å². The van der Waals surface area contributed by atoms with Crippen molar-refractivity contribution < 1.29 is 50.4 Å². The SMILES string of the molecule is COc1ccnc(N2CCN(C(=O)c3ccccc3C(=O)O)CC2)n1.[H-].[Na+]. The number of nitrogens with zero attached hydrogens (tertiary/aromatic N) is 4. The Bertz CT molecular complexity index is 800. The van der Waals surface area contributed by atoms with E-state index >= 15 is 0 Å². The molecule has 132 valence electrons. The molecule has 1 fully saturated rings. The molecular weight excluding hydrogens is 347 g/mol. The quantitative estimate of drug-likeness (QED) is 0.642. The van der Waals surface area contributed by atoms with Crippen molar-refractivity contribution in [1.29, 1.82) is 0 Å². The van der Waals surface area contributed by atoms with Gasteiger partial charge in [0.1, 0.15) is 0 Å². The van der Waals surface area contributed by atoms with Crippen molar-refractivity contribution in [3.05, 3.63) is 47.7 Å². The molecule has 0 aliphatic carbocycles. The molecule has 0 bridgehead atoms. The minimum atomic E-state index is -1.10. The van der Waals surface area contributed by atoms with E-state index in [1.807, 2.05) is 4.90 Å². The Morgan fingerprint density at radius 3 is 2.38 bits per heavy atom. The predicted octanol–water partition coefficient (Wildman–Crippen LogP) is -1.74. The van der Waals surface area contributed by atoms with Crippen LogP contribution < -0.4 is 39.2 Å². The number of rotatable bonds is 4. The summed E-state index contributed by atoms with van der Waals surface area (Å²) in [6, 6.07) is 7.93. The maximum atomic E-state index is 12.7. The fourth-order valence-corrected chi connectivity index (χ4v) is 2.73. The van der Waals surface area contributed by atoms with Gasteiger partial charge in [0.15, 0.2) is 0 Å². The first-order valence-corrected chi connectivity index (χ1v) is 7.83. The van der Waals surface area contributed by atoms with Gasteiger partial charge in [-0.25, -0.2) is 9.78 Å². The van der Waals surface area contributed by atoms with Crippen LogP contribution in [0.3, 0.4) is 0 Å². The molecule has 2 heterocycles. The molecule has 1 aromatic carbocycles. The number of ether oxygens (including phenoxy) is 1. The van der Waals surface area contributed by atoms with Crippen LogP contribution in [-0.4, -0.2) is 65.1 Å². The van der Waals surface area contributed by atoms with E-state index in [9.17, 15) is 14.7 Å². The van der Waals surface area contributed by atoms with Gasteiger partial charge in [0.05, 0.1) is 18.2 Å². The molecule has 1 amide bonds. The Kier molecular flexibility index (Phi) is 6.96. The van der Waals surface area contributed by atoms with Crippen molar-refractivity contribution in [2.45, 2.75) is 0 Å². The molecule has 1 N–H and O–H groups in total. The number of carbonyl (C=O) groups is 2. The molecule has 9 heteroatoms. The van der Waals surface area contributed by atoms with Gasteiger partial charge in [0.2, 0.25) is 11.8 Å². The van der Waals surface area contributed by atoms with Gasteiger partial charge in [-0.05, 0) is 12.1 Å². The summed E-state index contributed by atoms with van der Waals surface area (Å²) in [4.78, 5) is 36.1. The summed E-state index contributed by atoms with van der Waals surface area (Å²) in [6.45, 7) is 2.06. The van der Waals surface area contributed by atoms with Crippen molar-refractivity contribution in [3.8, 4) is 5.88 Å². The van der Waals surface area contributed by atoms with Gasteiger partial charge < -0.3 is 21.1 Å². The van der Waals surface area contributed by atoms with Crippen LogP contribution in [0.2, 0.25) is 0 Å². The summed E-state index contributed by atoms with van der Waals surface area (Å²) in [6.07, 6.45) is 1.63. The topological polar surface area (TPSA) is 95.9 Å². The van der Waals surface area contributed by atoms with E-state index in [0.717, 1.165) is 0 Å². The van der Waals surface area contributed by atoms with E-state index in [1.54, 1.807) is 42.5 Å². The summed E-state index contributed by atoms with van der Waals surface area (Å²) in [5, 5.41) is 9.25. The van der Waals surface area contributed by atoms with Crippen molar-refractivity contribution >= 4 is 17.8 Å². The third-order valence-corrected chi connectivity index (χ3v) is 4.06. The molecule has 0 spiro atoms. The van der Waals surface area contributed by atoms with E-state index < -0.39 is 5.97 Å². The maximum Gasteiger partial charge on any atom is 1.00 e. The Morgan fingerprint density at radius 1 is 1.12 bits per heavy atom. The molecule has 26 heavy (non-hydrogen) atoms. The molecule has 0 unspecified atom stereocenters. The first kappa shape index (κ1) is 20.2. The van der Waals surface area contributed by atoms with Crippen LogP contribution in [0.5, 0.6) is 5.88 Å². The molecule has 8 nitrogen and oxygen atoms in total. The zero-order valence-electron chi connectivity index (χ0n) is 15.8. The first-order valence-electron chi connectivity index (χ1n) is 7.83. The Balaban J connectivity index is 0.00000182. The summed E-state index contributed by atoms with van der Waals surface area (Å²) >= 11 is 0. The number of aromatic nitrogens is 2. The minimum absolute atomic E-state index is 0. The van der Waals surface area contributed by atoms with Gasteiger partial charge >= 0.3 is 35.5 Å². The van der Waals surface area contributed by atoms with Gasteiger partial charge in [0, 0.05) is 38.4 Å². The molecule has 3 rings (SSSR count). The van der Waals surface area contributed by atoms with Gasteiger partial charge in [0.25, 0.3) is 5.91 Å². The van der Waals surface area contributed by atoms with Crippen LogP contribution in [0.15, 0.2) is 36.5 Å². The third-order valence-electron chi connectivity index (χ3n) is 4.06. The minimum Gasteiger partial charge on any atom is -1.00 e. The number of carbonyl (C=O) groups excluding carboxylic acids is 1. The molecule has 1 saturated heterocycles. The number of piperazine rings is 1. The molecular formula is C17H19N4NaO4. The number of benzene rings is 1. The second-order valence-electron chi connectivity index (χ2n) is 5.53. The molecule has 0 saturated carbocycles. The van der Waals surface area contributed by atoms with Crippen LogP contribution >= 0.6 is 0 Å². The summed E-state index contributed by atoms with van der Waals surface area (Å²) in [7, 11) is 1.54. The second-order valence-corrected chi connectivity index (χ2v) is 5.53. The molecule has 0 atom stereocenters. The normalized spacial score (nSPS) is 13.7. The standard InChI is InChI=1S/C17H18N4O4.Na.H/c1-25-14-6-7-18-17(19-14)21-10-8-20(9-11-21)15(22)12-4-2-3-5-13(12)16(23)24;;/h2-7H,8-11H2,1H3,(H,23,24);;/q;+1;-1. The number of methoxy groups -OCH3 is 1. The third kappa shape index (κ3) is 4.32. The molecule has 1 aromatic heterocycles. The number of aromatic carboxylic acids is 1. The number of amides is 1. The number of carboxylic acid groups (broad SMARTS) is 1. The second kappa shape index (κ2) is 8.98. The number of carboxylic acids is 1. The van der Waals surface area contributed by atoms with Crippen LogP contribution in [-0.2, 0) is 0 Å². The van der Waals surface area contributed by atoms with Gasteiger partial charge in [-0.15, -0.1) is 0 Å². The predicted molar refractivity (Wildman–Crippen MR) is 91.2 cm³/mol. The fraction of sp³-hybridized carbons (Fsp3) is 0.294. The van der Waals surface area contributed by atoms with Gasteiger partial charge in [-0.2, -0.15) is 4.98 Å². The van der Waals surface area contributed by atoms with Crippen LogP contribution in [0.4, 0.5) is 5.95 Å². The van der Waals surface area contributed by atoms with E-state index in [0.29, 0.717) is 38.0 Å². The van der Waals surface area contributed by atoms with E-state index in [-0.39, 0.29) is 48.0 Å². The monoisotopic (exact) mass is 366 g/mol. The average molecular weight is 366 g/mol. The van der Waals surface area contributed by atoms with E-state index in [2.05, 4.69) is 9.97 Å². The van der Waals surface area contributed by atoms with Gasteiger partial charge in [-0.1, -0.05) is 12.1 Å². The van der Waals surface area contributed by atoms with Crippen LogP contribution in [0.25, 0.3) is 0 Å². The largest absolute Gasteiger partial charge is 1.00 e. The van der Waals surface area contributed by atoms with Crippen LogP contribution in [0, 0.1) is 0 Å². The van der Waals surface area contributed by atoms with Crippen molar-refractivity contribution in [3.63, 3.8) is 0 Å².